The molecule has 0 aliphatic carbocycles. The van der Waals surface area contributed by atoms with Crippen LogP contribution < -0.4 is 4.74 Å². The number of rotatable bonds is 7. The monoisotopic (exact) mass is 334 g/mol. The minimum absolute atomic E-state index is 0.283. The number of halogens is 1. The van der Waals surface area contributed by atoms with Crippen LogP contribution in [-0.2, 0) is 9.53 Å². The zero-order valence-electron chi connectivity index (χ0n) is 13.8. The fraction of sp³-hybridized carbons (Fsp3) is 0.421. The van der Waals surface area contributed by atoms with E-state index in [0.717, 1.165) is 34.9 Å². The summed E-state index contributed by atoms with van der Waals surface area (Å²) in [5.41, 5.74) is 0.377. The van der Waals surface area contributed by atoms with Gasteiger partial charge in [-0.2, -0.15) is 0 Å². The van der Waals surface area contributed by atoms with Crippen LogP contribution in [0.4, 0.5) is 0 Å². The van der Waals surface area contributed by atoms with Gasteiger partial charge in [0, 0.05) is 0 Å². The van der Waals surface area contributed by atoms with E-state index in [0.29, 0.717) is 6.42 Å². The first-order valence-electron chi connectivity index (χ1n) is 7.97. The number of ether oxygens (including phenoxy) is 2. The quantitative estimate of drug-likeness (QED) is 0.512. The van der Waals surface area contributed by atoms with Crippen LogP contribution in [0.25, 0.3) is 10.8 Å². The molecule has 0 aromatic heterocycles. The first kappa shape index (κ1) is 17.6. The summed E-state index contributed by atoms with van der Waals surface area (Å²) in [7, 11) is 1.65. The lowest BCUT2D eigenvalue weighted by Gasteiger charge is -2.16. The minimum atomic E-state index is -0.547. The van der Waals surface area contributed by atoms with Gasteiger partial charge in [-0.05, 0) is 48.2 Å². The van der Waals surface area contributed by atoms with Gasteiger partial charge in [-0.25, -0.2) is 0 Å². The molecule has 2 aromatic rings. The number of carbonyl (C=O) groups excluding carboxylic acids is 1. The van der Waals surface area contributed by atoms with Crippen molar-refractivity contribution in [3.8, 4) is 5.75 Å². The molecule has 2 atom stereocenters. The number of fused-ring (bicyclic) bond motifs is 1. The standard InChI is InChI=1S/C19H23ClO3/c1-4-5-6-18(20)23-19(21)13(2)14-7-8-16-12-17(22-3)10-9-15(16)11-14/h7-13,18H,4-6H2,1-3H3/t13-,18?/m0/s1. The Hall–Kier alpha value is -1.74. The molecule has 1 unspecified atom stereocenters. The van der Waals surface area contributed by atoms with E-state index in [9.17, 15) is 4.79 Å². The third kappa shape index (κ3) is 4.61. The molecule has 2 rings (SSSR count). The Morgan fingerprint density at radius 1 is 1.17 bits per heavy atom. The summed E-state index contributed by atoms with van der Waals surface area (Å²) in [5, 5.41) is 2.14. The van der Waals surface area contributed by atoms with Crippen molar-refractivity contribution in [2.24, 2.45) is 0 Å². The second-order valence-corrected chi connectivity index (χ2v) is 6.17. The maximum Gasteiger partial charge on any atom is 0.314 e. The van der Waals surface area contributed by atoms with Crippen molar-refractivity contribution in [1.82, 2.24) is 0 Å². The molecule has 0 amide bonds. The number of carbonyl (C=O) groups is 1. The van der Waals surface area contributed by atoms with Gasteiger partial charge in [0.25, 0.3) is 0 Å². The van der Waals surface area contributed by atoms with Crippen molar-refractivity contribution in [2.75, 3.05) is 7.11 Å². The first-order chi connectivity index (χ1) is 11.0. The van der Waals surface area contributed by atoms with Crippen LogP contribution in [-0.4, -0.2) is 18.6 Å². The van der Waals surface area contributed by atoms with Crippen molar-refractivity contribution in [3.63, 3.8) is 0 Å². The van der Waals surface area contributed by atoms with E-state index in [2.05, 4.69) is 6.92 Å². The predicted molar refractivity (Wildman–Crippen MR) is 94.2 cm³/mol. The second kappa shape index (κ2) is 8.21. The number of hydrogen-bond acceptors (Lipinski definition) is 3. The van der Waals surface area contributed by atoms with Crippen molar-refractivity contribution in [3.05, 3.63) is 42.0 Å². The highest BCUT2D eigenvalue weighted by molar-refractivity contribution is 6.20. The average molecular weight is 335 g/mol. The van der Waals surface area contributed by atoms with Gasteiger partial charge in [0.15, 0.2) is 5.56 Å². The second-order valence-electron chi connectivity index (χ2n) is 5.68. The van der Waals surface area contributed by atoms with E-state index >= 15 is 0 Å². The summed E-state index contributed by atoms with van der Waals surface area (Å²) in [6, 6.07) is 11.8. The molecular weight excluding hydrogens is 312 g/mol. The molecule has 0 aliphatic heterocycles. The first-order valence-corrected chi connectivity index (χ1v) is 8.41. The van der Waals surface area contributed by atoms with Crippen LogP contribution in [0, 0.1) is 0 Å². The molecule has 0 N–H and O–H groups in total. The van der Waals surface area contributed by atoms with E-state index in [-0.39, 0.29) is 11.9 Å². The molecule has 0 spiro atoms. The van der Waals surface area contributed by atoms with Crippen molar-refractivity contribution in [2.45, 2.75) is 44.6 Å². The highest BCUT2D eigenvalue weighted by atomic mass is 35.5. The van der Waals surface area contributed by atoms with Crippen LogP contribution in [0.15, 0.2) is 36.4 Å². The molecule has 2 aromatic carbocycles. The highest BCUT2D eigenvalue weighted by Gasteiger charge is 2.20. The van der Waals surface area contributed by atoms with Gasteiger partial charge >= 0.3 is 5.97 Å². The Morgan fingerprint density at radius 3 is 2.57 bits per heavy atom. The van der Waals surface area contributed by atoms with Crippen molar-refractivity contribution >= 4 is 28.3 Å². The van der Waals surface area contributed by atoms with E-state index in [1.54, 1.807) is 7.11 Å². The Kier molecular flexibility index (Phi) is 6.28. The number of benzene rings is 2. The summed E-state index contributed by atoms with van der Waals surface area (Å²) < 4.78 is 10.5. The van der Waals surface area contributed by atoms with E-state index in [1.807, 2.05) is 43.3 Å². The van der Waals surface area contributed by atoms with Crippen molar-refractivity contribution in [1.29, 1.82) is 0 Å². The molecule has 3 nitrogen and oxygen atoms in total. The van der Waals surface area contributed by atoms with E-state index < -0.39 is 5.56 Å². The number of hydrogen-bond donors (Lipinski definition) is 0. The maximum absolute atomic E-state index is 12.2. The smallest absolute Gasteiger partial charge is 0.314 e. The number of methoxy groups -OCH3 is 1. The molecule has 0 fully saturated rings. The molecule has 0 aliphatic rings. The molecule has 0 heterocycles. The predicted octanol–water partition coefficient (Wildman–Crippen LogP) is 5.25. The molecule has 0 radical (unpaired) electrons. The third-order valence-electron chi connectivity index (χ3n) is 3.95. The zero-order chi connectivity index (χ0) is 16.8. The highest BCUT2D eigenvalue weighted by Crippen LogP contribution is 2.26. The van der Waals surface area contributed by atoms with Crippen LogP contribution in [0.3, 0.4) is 0 Å². The fourth-order valence-corrected chi connectivity index (χ4v) is 2.67. The zero-order valence-corrected chi connectivity index (χ0v) is 14.6. The fourth-order valence-electron chi connectivity index (χ4n) is 2.43. The number of unbranched alkanes of at least 4 members (excludes halogenated alkanes) is 1. The lowest BCUT2D eigenvalue weighted by Crippen LogP contribution is -2.18. The Bertz CT molecular complexity index is 669. The molecule has 23 heavy (non-hydrogen) atoms. The van der Waals surface area contributed by atoms with Crippen LogP contribution in [0.2, 0.25) is 0 Å². The molecule has 4 heteroatoms. The minimum Gasteiger partial charge on any atom is -0.497 e. The number of alkyl halides is 1. The van der Waals surface area contributed by atoms with Crippen LogP contribution in [0.5, 0.6) is 5.75 Å². The summed E-state index contributed by atoms with van der Waals surface area (Å²) >= 11 is 6.06. The van der Waals surface area contributed by atoms with Gasteiger partial charge in [-0.3, -0.25) is 4.79 Å². The number of esters is 1. The topological polar surface area (TPSA) is 35.5 Å². The maximum atomic E-state index is 12.2. The third-order valence-corrected chi connectivity index (χ3v) is 4.26. The lowest BCUT2D eigenvalue weighted by atomic mass is 9.98. The molecule has 0 bridgehead atoms. The van der Waals surface area contributed by atoms with Crippen LogP contribution in [0.1, 0.15) is 44.6 Å². The van der Waals surface area contributed by atoms with Gasteiger partial charge in [-0.15, -0.1) is 0 Å². The molecular formula is C19H23ClO3. The summed E-state index contributed by atoms with van der Waals surface area (Å²) in [6.07, 6.45) is 2.67. The molecule has 124 valence electrons. The van der Waals surface area contributed by atoms with E-state index in [1.165, 1.54) is 0 Å². The summed E-state index contributed by atoms with van der Waals surface area (Å²) in [5.74, 6) is 0.192. The van der Waals surface area contributed by atoms with Gasteiger partial charge in [0.05, 0.1) is 13.0 Å². The Morgan fingerprint density at radius 2 is 1.87 bits per heavy atom. The Labute approximate surface area is 142 Å². The molecule has 0 saturated carbocycles. The largest absolute Gasteiger partial charge is 0.497 e. The SMILES string of the molecule is CCCCC(Cl)OC(=O)[C@@H](C)c1ccc2cc(OC)ccc2c1. The van der Waals surface area contributed by atoms with Crippen molar-refractivity contribution < 1.29 is 14.3 Å². The van der Waals surface area contributed by atoms with E-state index in [4.69, 9.17) is 21.1 Å². The normalized spacial score (nSPS) is 13.6. The summed E-state index contributed by atoms with van der Waals surface area (Å²) in [4.78, 5) is 12.2. The Balaban J connectivity index is 2.10. The average Bonchev–Trinajstić information content (AvgIpc) is 2.58. The van der Waals surface area contributed by atoms with Gasteiger partial charge in [-0.1, -0.05) is 49.2 Å². The summed E-state index contributed by atoms with van der Waals surface area (Å²) in [6.45, 7) is 3.93. The van der Waals surface area contributed by atoms with Gasteiger partial charge in [0.2, 0.25) is 0 Å². The van der Waals surface area contributed by atoms with Gasteiger partial charge < -0.3 is 9.47 Å². The van der Waals surface area contributed by atoms with Gasteiger partial charge in [0.1, 0.15) is 5.75 Å². The van der Waals surface area contributed by atoms with Crippen LogP contribution >= 0.6 is 11.6 Å². The molecule has 0 saturated heterocycles. The lowest BCUT2D eigenvalue weighted by molar-refractivity contribution is -0.147.